The van der Waals surface area contributed by atoms with E-state index in [0.29, 0.717) is 24.5 Å². The van der Waals surface area contributed by atoms with Crippen molar-refractivity contribution in [2.45, 2.75) is 25.4 Å². The molecule has 6 heteroatoms. The van der Waals surface area contributed by atoms with Crippen LogP contribution in [-0.4, -0.2) is 37.6 Å². The molecule has 1 fully saturated rings. The minimum absolute atomic E-state index is 0.0378. The Kier molecular flexibility index (Phi) is 6.02. The zero-order chi connectivity index (χ0) is 15.1. The maximum atomic E-state index is 11.6. The van der Waals surface area contributed by atoms with Crippen LogP contribution in [0.4, 0.5) is 0 Å². The number of nitrogens with one attached hydrogen (secondary N) is 2. The largest absolute Gasteiger partial charge is 0.376 e. The van der Waals surface area contributed by atoms with Gasteiger partial charge in [0, 0.05) is 24.7 Å². The molecule has 2 rings (SSSR count). The highest BCUT2D eigenvalue weighted by Gasteiger charge is 2.18. The zero-order valence-corrected chi connectivity index (χ0v) is 12.5. The molecule has 1 atom stereocenters. The number of carbonyl (C=O) groups is 2. The predicted molar refractivity (Wildman–Crippen MR) is 80.1 cm³/mol. The van der Waals surface area contributed by atoms with Crippen molar-refractivity contribution in [2.24, 2.45) is 0 Å². The molecule has 114 valence electrons. The van der Waals surface area contributed by atoms with Gasteiger partial charge >= 0.3 is 11.8 Å². The number of hydrogen-bond donors (Lipinski definition) is 2. The minimum Gasteiger partial charge on any atom is -0.376 e. The average molecular weight is 311 g/mol. The number of ether oxygens (including phenoxy) is 1. The Bertz CT molecular complexity index is 484. The number of amides is 2. The van der Waals surface area contributed by atoms with Gasteiger partial charge in [-0.3, -0.25) is 9.59 Å². The molecule has 21 heavy (non-hydrogen) atoms. The first-order valence-corrected chi connectivity index (χ1v) is 7.45. The van der Waals surface area contributed by atoms with E-state index in [1.54, 1.807) is 12.1 Å². The Morgan fingerprint density at radius 3 is 2.57 bits per heavy atom. The predicted octanol–water partition coefficient (Wildman–Crippen LogP) is 1.29. The van der Waals surface area contributed by atoms with Gasteiger partial charge in [0.2, 0.25) is 0 Å². The number of halogens is 1. The molecule has 0 spiro atoms. The molecule has 1 aromatic carbocycles. The summed E-state index contributed by atoms with van der Waals surface area (Å²) in [6, 6.07) is 7.39. The van der Waals surface area contributed by atoms with Gasteiger partial charge in [-0.2, -0.15) is 0 Å². The molecule has 0 aromatic heterocycles. The number of benzene rings is 1. The van der Waals surface area contributed by atoms with E-state index in [-0.39, 0.29) is 6.10 Å². The Hall–Kier alpha value is -1.59. The van der Waals surface area contributed by atoms with Crippen LogP contribution in [-0.2, 0) is 20.7 Å². The van der Waals surface area contributed by atoms with Gasteiger partial charge in [-0.25, -0.2) is 0 Å². The van der Waals surface area contributed by atoms with Crippen LogP contribution in [0.3, 0.4) is 0 Å². The van der Waals surface area contributed by atoms with Crippen LogP contribution in [0.5, 0.6) is 0 Å². The topological polar surface area (TPSA) is 67.4 Å². The lowest BCUT2D eigenvalue weighted by molar-refractivity contribution is -0.139. The summed E-state index contributed by atoms with van der Waals surface area (Å²) in [7, 11) is 0. The highest BCUT2D eigenvalue weighted by Crippen LogP contribution is 2.10. The number of rotatable bonds is 5. The molecule has 1 heterocycles. The fourth-order valence-corrected chi connectivity index (χ4v) is 2.27. The smallest absolute Gasteiger partial charge is 0.309 e. The maximum absolute atomic E-state index is 11.6. The molecule has 0 unspecified atom stereocenters. The van der Waals surface area contributed by atoms with Crippen molar-refractivity contribution in [2.75, 3.05) is 19.7 Å². The van der Waals surface area contributed by atoms with E-state index in [0.717, 1.165) is 25.0 Å². The van der Waals surface area contributed by atoms with Gasteiger partial charge < -0.3 is 15.4 Å². The third-order valence-corrected chi connectivity index (χ3v) is 3.58. The fourth-order valence-electron chi connectivity index (χ4n) is 2.14. The highest BCUT2D eigenvalue weighted by molar-refractivity contribution is 6.35. The molecule has 2 amide bonds. The van der Waals surface area contributed by atoms with E-state index in [9.17, 15) is 9.59 Å². The standard InChI is InChI=1S/C15H19ClN2O3/c16-12-5-3-11(4-6-12)7-8-17-14(19)15(20)18-10-13-2-1-9-21-13/h3-6,13H,1-2,7-10H2,(H,17,19)(H,18,20)/t13-/m0/s1. The maximum Gasteiger partial charge on any atom is 0.309 e. The summed E-state index contributed by atoms with van der Waals surface area (Å²) in [6.07, 6.45) is 2.63. The molecular formula is C15H19ClN2O3. The molecule has 0 radical (unpaired) electrons. The summed E-state index contributed by atoms with van der Waals surface area (Å²) >= 11 is 5.79. The van der Waals surface area contributed by atoms with Crippen molar-refractivity contribution in [1.82, 2.24) is 10.6 Å². The molecule has 0 aliphatic carbocycles. The van der Waals surface area contributed by atoms with Crippen molar-refractivity contribution in [3.63, 3.8) is 0 Å². The van der Waals surface area contributed by atoms with Crippen LogP contribution in [0.1, 0.15) is 18.4 Å². The Morgan fingerprint density at radius 2 is 1.90 bits per heavy atom. The fraction of sp³-hybridized carbons (Fsp3) is 0.467. The van der Waals surface area contributed by atoms with E-state index in [2.05, 4.69) is 10.6 Å². The third kappa shape index (κ3) is 5.36. The molecule has 1 aromatic rings. The summed E-state index contributed by atoms with van der Waals surface area (Å²) in [5.74, 6) is -1.22. The normalized spacial score (nSPS) is 17.5. The summed E-state index contributed by atoms with van der Waals surface area (Å²) in [5.41, 5.74) is 1.06. The van der Waals surface area contributed by atoms with Crippen molar-refractivity contribution >= 4 is 23.4 Å². The molecule has 0 saturated carbocycles. The van der Waals surface area contributed by atoms with Gasteiger partial charge in [0.15, 0.2) is 0 Å². The third-order valence-electron chi connectivity index (χ3n) is 3.33. The lowest BCUT2D eigenvalue weighted by atomic mass is 10.1. The van der Waals surface area contributed by atoms with E-state index in [1.165, 1.54) is 0 Å². The molecule has 5 nitrogen and oxygen atoms in total. The van der Waals surface area contributed by atoms with Crippen LogP contribution in [0.15, 0.2) is 24.3 Å². The SMILES string of the molecule is O=C(NCCc1ccc(Cl)cc1)C(=O)NC[C@@H]1CCCO1. The first-order chi connectivity index (χ1) is 10.1. The summed E-state index contributed by atoms with van der Waals surface area (Å²) in [4.78, 5) is 23.2. The van der Waals surface area contributed by atoms with E-state index in [1.807, 2.05) is 12.1 Å². The summed E-state index contributed by atoms with van der Waals surface area (Å²) in [6.45, 7) is 1.53. The van der Waals surface area contributed by atoms with Crippen molar-refractivity contribution < 1.29 is 14.3 Å². The van der Waals surface area contributed by atoms with Crippen LogP contribution in [0.2, 0.25) is 5.02 Å². The molecule has 2 N–H and O–H groups in total. The van der Waals surface area contributed by atoms with Gasteiger partial charge in [-0.1, -0.05) is 23.7 Å². The molecular weight excluding hydrogens is 292 g/mol. The summed E-state index contributed by atoms with van der Waals surface area (Å²) in [5, 5.41) is 5.86. The molecule has 1 aliphatic rings. The number of hydrogen-bond acceptors (Lipinski definition) is 3. The lowest BCUT2D eigenvalue weighted by Gasteiger charge is -2.10. The van der Waals surface area contributed by atoms with E-state index in [4.69, 9.17) is 16.3 Å². The van der Waals surface area contributed by atoms with Crippen molar-refractivity contribution in [3.8, 4) is 0 Å². The Labute approximate surface area is 129 Å². The number of carbonyl (C=O) groups excluding carboxylic acids is 2. The van der Waals surface area contributed by atoms with Gasteiger partial charge in [0.1, 0.15) is 0 Å². The van der Waals surface area contributed by atoms with Crippen molar-refractivity contribution in [3.05, 3.63) is 34.9 Å². The van der Waals surface area contributed by atoms with Gasteiger partial charge in [0.25, 0.3) is 0 Å². The van der Waals surface area contributed by atoms with Crippen LogP contribution >= 0.6 is 11.6 Å². The first kappa shape index (κ1) is 15.8. The van der Waals surface area contributed by atoms with Gasteiger partial charge in [-0.15, -0.1) is 0 Å². The second-order valence-corrected chi connectivity index (χ2v) is 5.41. The highest BCUT2D eigenvalue weighted by atomic mass is 35.5. The minimum atomic E-state index is -0.610. The van der Waals surface area contributed by atoms with Crippen LogP contribution < -0.4 is 10.6 Å². The monoisotopic (exact) mass is 310 g/mol. The second kappa shape index (κ2) is 8.00. The van der Waals surface area contributed by atoms with Gasteiger partial charge in [-0.05, 0) is 37.0 Å². The second-order valence-electron chi connectivity index (χ2n) is 4.98. The van der Waals surface area contributed by atoms with E-state index < -0.39 is 11.8 Å². The van der Waals surface area contributed by atoms with Crippen LogP contribution in [0, 0.1) is 0 Å². The Balaban J connectivity index is 1.63. The molecule has 1 aliphatic heterocycles. The van der Waals surface area contributed by atoms with Crippen LogP contribution in [0.25, 0.3) is 0 Å². The lowest BCUT2D eigenvalue weighted by Crippen LogP contribution is -2.43. The Morgan fingerprint density at radius 1 is 1.19 bits per heavy atom. The quantitative estimate of drug-likeness (QED) is 0.805. The molecule has 1 saturated heterocycles. The average Bonchev–Trinajstić information content (AvgIpc) is 3.00. The zero-order valence-electron chi connectivity index (χ0n) is 11.7. The molecule has 0 bridgehead atoms. The van der Waals surface area contributed by atoms with Gasteiger partial charge in [0.05, 0.1) is 6.10 Å². The summed E-state index contributed by atoms with van der Waals surface area (Å²) < 4.78 is 5.37. The van der Waals surface area contributed by atoms with Crippen molar-refractivity contribution in [1.29, 1.82) is 0 Å². The first-order valence-electron chi connectivity index (χ1n) is 7.07. The van der Waals surface area contributed by atoms with E-state index >= 15 is 0 Å².